The molecule has 0 atom stereocenters. The van der Waals surface area contributed by atoms with Gasteiger partial charge in [0, 0.05) is 67.1 Å². The molecule has 0 N–H and O–H groups in total. The SMILES string of the molecule is C=CCc1cc(C2C3=C(CC(C)(C)CC3=O)N(CCCOC)C3=C2C(=O)CC(C)(C)C3)cc(OCC)c1OCc1cccc(F)c1. The van der Waals surface area contributed by atoms with Gasteiger partial charge in [0.05, 0.1) is 6.61 Å². The van der Waals surface area contributed by atoms with Crippen molar-refractivity contribution in [1.29, 1.82) is 0 Å². The summed E-state index contributed by atoms with van der Waals surface area (Å²) < 4.78 is 31.9. The average Bonchev–Trinajstić information content (AvgIpc) is 2.96. The lowest BCUT2D eigenvalue weighted by Gasteiger charge is -2.49. The Kier molecular flexibility index (Phi) is 9.92. The first kappa shape index (κ1) is 33.6. The van der Waals surface area contributed by atoms with Gasteiger partial charge in [-0.25, -0.2) is 4.39 Å². The molecule has 246 valence electrons. The number of ketones is 2. The summed E-state index contributed by atoms with van der Waals surface area (Å²) in [6, 6.07) is 10.3. The zero-order chi connectivity index (χ0) is 33.2. The van der Waals surface area contributed by atoms with E-state index < -0.39 is 5.92 Å². The van der Waals surface area contributed by atoms with Crippen molar-refractivity contribution in [3.05, 3.63) is 94.1 Å². The number of Topliss-reactive ketones (excluding diaryl/α,β-unsaturated/α-hetero) is 2. The van der Waals surface area contributed by atoms with Gasteiger partial charge in [0.25, 0.3) is 0 Å². The first-order valence-electron chi connectivity index (χ1n) is 16.4. The molecule has 2 aromatic rings. The minimum absolute atomic E-state index is 0.0897. The van der Waals surface area contributed by atoms with Crippen LogP contribution in [-0.2, 0) is 27.4 Å². The summed E-state index contributed by atoms with van der Waals surface area (Å²) in [5.41, 5.74) is 5.49. The van der Waals surface area contributed by atoms with Crippen molar-refractivity contribution in [3.63, 3.8) is 0 Å². The molecule has 1 aliphatic heterocycles. The third-order valence-electron chi connectivity index (χ3n) is 9.18. The lowest BCUT2D eigenvalue weighted by Crippen LogP contribution is -2.44. The van der Waals surface area contributed by atoms with Crippen LogP contribution in [0.15, 0.2) is 71.6 Å². The fourth-order valence-corrected chi connectivity index (χ4v) is 7.38. The molecule has 0 fully saturated rings. The summed E-state index contributed by atoms with van der Waals surface area (Å²) in [6.45, 7) is 16.3. The summed E-state index contributed by atoms with van der Waals surface area (Å²) >= 11 is 0. The molecule has 7 heteroatoms. The molecule has 0 amide bonds. The Morgan fingerprint density at radius 2 is 1.61 bits per heavy atom. The smallest absolute Gasteiger partial charge is 0.165 e. The van der Waals surface area contributed by atoms with E-state index in [1.54, 1.807) is 19.3 Å². The monoisotopic (exact) mass is 629 g/mol. The van der Waals surface area contributed by atoms with Crippen LogP contribution >= 0.6 is 0 Å². The van der Waals surface area contributed by atoms with E-state index >= 15 is 0 Å². The summed E-state index contributed by atoms with van der Waals surface area (Å²) in [4.78, 5) is 30.8. The molecule has 0 saturated heterocycles. The van der Waals surface area contributed by atoms with Gasteiger partial charge in [-0.15, -0.1) is 6.58 Å². The maximum absolute atomic E-state index is 14.2. The number of nitrogens with zero attached hydrogens (tertiary/aromatic N) is 1. The highest BCUT2D eigenvalue weighted by atomic mass is 19.1. The standard InChI is InChI=1S/C39H48FNO5/c1-8-12-26-18-27(19-33(45-9-2)37(26)46-24-25-13-10-14-28(40)17-25)34-35-29(20-38(3,4)22-31(35)42)41(15-11-16-44-7)30-21-39(5,6)23-32(43)36(30)34/h8,10,13-14,17-19,34H,1,9,11-12,15-16,20-24H2,2-7H3. The van der Waals surface area contributed by atoms with Gasteiger partial charge in [0.2, 0.25) is 0 Å². The van der Waals surface area contributed by atoms with Crippen LogP contribution in [0.25, 0.3) is 0 Å². The predicted octanol–water partition coefficient (Wildman–Crippen LogP) is 8.25. The number of carbonyl (C=O) groups is 2. The first-order chi connectivity index (χ1) is 21.9. The van der Waals surface area contributed by atoms with Crippen LogP contribution in [0.1, 0.15) is 89.3 Å². The second kappa shape index (κ2) is 13.6. The van der Waals surface area contributed by atoms with Crippen LogP contribution in [0.3, 0.4) is 0 Å². The lowest BCUT2D eigenvalue weighted by atomic mass is 9.63. The Labute approximate surface area is 273 Å². The van der Waals surface area contributed by atoms with E-state index in [0.717, 1.165) is 52.9 Å². The molecule has 3 aliphatic rings. The van der Waals surface area contributed by atoms with Crippen LogP contribution in [-0.4, -0.2) is 43.3 Å². The first-order valence-corrected chi connectivity index (χ1v) is 16.4. The molecule has 0 aromatic heterocycles. The van der Waals surface area contributed by atoms with Crippen molar-refractivity contribution >= 4 is 11.6 Å². The van der Waals surface area contributed by atoms with Gasteiger partial charge >= 0.3 is 0 Å². The Hall–Kier alpha value is -3.71. The Balaban J connectivity index is 1.70. The molecule has 0 radical (unpaired) electrons. The second-order valence-electron chi connectivity index (χ2n) is 14.4. The fourth-order valence-electron chi connectivity index (χ4n) is 7.38. The minimum atomic E-state index is -0.504. The zero-order valence-electron chi connectivity index (χ0n) is 28.3. The van der Waals surface area contributed by atoms with E-state index in [9.17, 15) is 14.0 Å². The molecular weight excluding hydrogens is 581 g/mol. The van der Waals surface area contributed by atoms with Gasteiger partial charge in [0.1, 0.15) is 12.4 Å². The molecular formula is C39H48FNO5. The van der Waals surface area contributed by atoms with Crippen molar-refractivity contribution in [2.75, 3.05) is 26.9 Å². The van der Waals surface area contributed by atoms with E-state index in [2.05, 4.69) is 39.2 Å². The molecule has 1 heterocycles. The number of hydrogen-bond donors (Lipinski definition) is 0. The Bertz CT molecular complexity index is 1530. The molecule has 0 unspecified atom stereocenters. The molecule has 0 spiro atoms. The molecule has 2 aromatic carbocycles. The van der Waals surface area contributed by atoms with Crippen molar-refractivity contribution in [2.45, 2.75) is 85.7 Å². The number of methoxy groups -OCH3 is 1. The van der Waals surface area contributed by atoms with Gasteiger partial charge in [-0.1, -0.05) is 52.0 Å². The van der Waals surface area contributed by atoms with Crippen LogP contribution < -0.4 is 9.47 Å². The highest BCUT2D eigenvalue weighted by molar-refractivity contribution is 6.06. The van der Waals surface area contributed by atoms with Gasteiger partial charge < -0.3 is 19.1 Å². The van der Waals surface area contributed by atoms with Gasteiger partial charge in [-0.05, 0) is 72.8 Å². The molecule has 6 nitrogen and oxygen atoms in total. The normalized spacial score (nSPS) is 19.2. The second-order valence-corrected chi connectivity index (χ2v) is 14.4. The largest absolute Gasteiger partial charge is 0.490 e. The zero-order valence-corrected chi connectivity index (χ0v) is 28.3. The summed E-state index contributed by atoms with van der Waals surface area (Å²) in [5.74, 6) is 0.444. The quantitative estimate of drug-likeness (QED) is 0.174. The number of ether oxygens (including phenoxy) is 3. The van der Waals surface area contributed by atoms with Crippen molar-refractivity contribution in [2.24, 2.45) is 10.8 Å². The van der Waals surface area contributed by atoms with E-state index in [1.807, 2.05) is 25.1 Å². The average molecular weight is 630 g/mol. The number of carbonyl (C=O) groups excluding carboxylic acids is 2. The lowest BCUT2D eigenvalue weighted by molar-refractivity contribution is -0.119. The summed E-state index contributed by atoms with van der Waals surface area (Å²) in [7, 11) is 1.70. The Morgan fingerprint density at radius 1 is 0.957 bits per heavy atom. The van der Waals surface area contributed by atoms with E-state index in [-0.39, 0.29) is 34.8 Å². The van der Waals surface area contributed by atoms with Crippen molar-refractivity contribution in [1.82, 2.24) is 4.90 Å². The highest BCUT2D eigenvalue weighted by Gasteiger charge is 2.49. The number of allylic oxidation sites excluding steroid dienone is 5. The topological polar surface area (TPSA) is 65.1 Å². The number of rotatable bonds is 12. The van der Waals surface area contributed by atoms with Crippen molar-refractivity contribution in [3.8, 4) is 11.5 Å². The van der Waals surface area contributed by atoms with E-state index in [4.69, 9.17) is 14.2 Å². The van der Waals surface area contributed by atoms with Crippen LogP contribution in [0.5, 0.6) is 11.5 Å². The van der Waals surface area contributed by atoms with Crippen LogP contribution in [0.4, 0.5) is 4.39 Å². The number of benzene rings is 2. The third kappa shape index (κ3) is 7.00. The molecule has 5 rings (SSSR count). The number of hydrogen-bond acceptors (Lipinski definition) is 6. The van der Waals surface area contributed by atoms with Gasteiger partial charge in [-0.2, -0.15) is 0 Å². The van der Waals surface area contributed by atoms with E-state index in [0.29, 0.717) is 56.1 Å². The molecule has 46 heavy (non-hydrogen) atoms. The highest BCUT2D eigenvalue weighted by Crippen LogP contribution is 2.55. The third-order valence-corrected chi connectivity index (χ3v) is 9.18. The van der Waals surface area contributed by atoms with Crippen LogP contribution in [0, 0.1) is 16.6 Å². The Morgan fingerprint density at radius 3 is 2.17 bits per heavy atom. The maximum atomic E-state index is 14.2. The summed E-state index contributed by atoms with van der Waals surface area (Å²) in [5, 5.41) is 0. The van der Waals surface area contributed by atoms with Gasteiger partial charge in [-0.3, -0.25) is 9.59 Å². The van der Waals surface area contributed by atoms with Gasteiger partial charge in [0.15, 0.2) is 23.1 Å². The summed E-state index contributed by atoms with van der Waals surface area (Å²) in [6.07, 6.45) is 5.41. The van der Waals surface area contributed by atoms with Crippen molar-refractivity contribution < 1.29 is 28.2 Å². The molecule has 0 saturated carbocycles. The minimum Gasteiger partial charge on any atom is -0.490 e. The van der Waals surface area contributed by atoms with E-state index in [1.165, 1.54) is 12.1 Å². The predicted molar refractivity (Wildman–Crippen MR) is 178 cm³/mol. The maximum Gasteiger partial charge on any atom is 0.165 e. The fraction of sp³-hybridized carbons (Fsp3) is 0.487. The number of halogens is 1. The van der Waals surface area contributed by atoms with Crippen LogP contribution in [0.2, 0.25) is 0 Å². The molecule has 0 bridgehead atoms. The molecule has 2 aliphatic carbocycles.